The predicted octanol–water partition coefficient (Wildman–Crippen LogP) is 4.12. The second-order valence-electron chi connectivity index (χ2n) is 5.59. The highest BCUT2D eigenvalue weighted by molar-refractivity contribution is 5.72. The van der Waals surface area contributed by atoms with Gasteiger partial charge in [-0.3, -0.25) is 4.79 Å². The molecule has 0 heterocycles. The number of methoxy groups -OCH3 is 1. The van der Waals surface area contributed by atoms with Crippen LogP contribution in [0.15, 0.2) is 12.1 Å². The Kier molecular flexibility index (Phi) is 4.81. The summed E-state index contributed by atoms with van der Waals surface area (Å²) in [6.07, 6.45) is -5.43. The van der Waals surface area contributed by atoms with Crippen LogP contribution in [-0.2, 0) is 4.79 Å². The molecule has 1 fully saturated rings. The molecule has 1 saturated carbocycles. The Morgan fingerprint density at radius 2 is 1.91 bits per heavy atom. The smallest absolute Gasteiger partial charge is 0.391 e. The fourth-order valence-electron chi connectivity index (χ4n) is 3.16. The molecule has 0 unspecified atom stereocenters. The van der Waals surface area contributed by atoms with Gasteiger partial charge in [-0.1, -0.05) is 6.07 Å². The van der Waals surface area contributed by atoms with Crippen LogP contribution < -0.4 is 4.74 Å². The number of carboxylic acid groups (broad SMARTS) is 1. The molecule has 3 nitrogen and oxygen atoms in total. The summed E-state index contributed by atoms with van der Waals surface area (Å²) in [5, 5.41) is 9.26. The Morgan fingerprint density at radius 3 is 2.43 bits per heavy atom. The van der Waals surface area contributed by atoms with E-state index in [0.29, 0.717) is 0 Å². The first kappa shape index (κ1) is 17.5. The summed E-state index contributed by atoms with van der Waals surface area (Å²) >= 11 is 0. The van der Waals surface area contributed by atoms with E-state index in [4.69, 9.17) is 4.74 Å². The summed E-state index contributed by atoms with van der Waals surface area (Å²) in [7, 11) is 1.10. The van der Waals surface area contributed by atoms with E-state index in [9.17, 15) is 31.9 Å². The number of aliphatic carboxylic acids is 1. The second kappa shape index (κ2) is 6.33. The van der Waals surface area contributed by atoms with Crippen molar-refractivity contribution in [2.24, 2.45) is 11.8 Å². The number of halogens is 5. The summed E-state index contributed by atoms with van der Waals surface area (Å²) in [6.45, 7) is 0. The van der Waals surface area contributed by atoms with Crippen LogP contribution in [-0.4, -0.2) is 24.4 Å². The van der Waals surface area contributed by atoms with Crippen molar-refractivity contribution in [1.82, 2.24) is 0 Å². The van der Waals surface area contributed by atoms with Gasteiger partial charge in [0.05, 0.1) is 18.9 Å². The Hall–Kier alpha value is -1.86. The molecule has 1 aliphatic carbocycles. The first-order valence-corrected chi connectivity index (χ1v) is 6.98. The fraction of sp³-hybridized carbons (Fsp3) is 0.533. The minimum absolute atomic E-state index is 0.0828. The summed E-state index contributed by atoms with van der Waals surface area (Å²) in [4.78, 5) is 11.4. The number of alkyl halides is 3. The molecule has 0 bridgehead atoms. The molecule has 1 aromatic rings. The molecule has 0 spiro atoms. The average molecular weight is 338 g/mol. The molecule has 0 radical (unpaired) electrons. The molecule has 1 N–H and O–H groups in total. The van der Waals surface area contributed by atoms with E-state index >= 15 is 0 Å². The molecule has 0 aliphatic heterocycles. The van der Waals surface area contributed by atoms with Gasteiger partial charge in [-0.25, -0.2) is 4.39 Å². The zero-order valence-corrected chi connectivity index (χ0v) is 12.2. The van der Waals surface area contributed by atoms with E-state index in [1.54, 1.807) is 0 Å². The van der Waals surface area contributed by atoms with E-state index in [0.717, 1.165) is 13.2 Å². The van der Waals surface area contributed by atoms with E-state index in [1.165, 1.54) is 6.07 Å². The maximum Gasteiger partial charge on any atom is 0.391 e. The fourth-order valence-corrected chi connectivity index (χ4v) is 3.16. The summed E-state index contributed by atoms with van der Waals surface area (Å²) < 4.78 is 70.4. The molecule has 0 amide bonds. The van der Waals surface area contributed by atoms with Crippen molar-refractivity contribution in [3.63, 3.8) is 0 Å². The molecule has 128 valence electrons. The van der Waals surface area contributed by atoms with Crippen LogP contribution in [0.2, 0.25) is 0 Å². The summed E-state index contributed by atoms with van der Waals surface area (Å²) in [5.41, 5.74) is 0.0828. The van der Waals surface area contributed by atoms with Gasteiger partial charge in [0.25, 0.3) is 0 Å². The van der Waals surface area contributed by atoms with Gasteiger partial charge < -0.3 is 9.84 Å². The summed E-state index contributed by atoms with van der Waals surface area (Å²) in [6, 6.07) is 1.99. The van der Waals surface area contributed by atoms with Gasteiger partial charge in [-0.15, -0.1) is 0 Å². The van der Waals surface area contributed by atoms with Crippen LogP contribution in [0.4, 0.5) is 22.0 Å². The second-order valence-corrected chi connectivity index (χ2v) is 5.59. The van der Waals surface area contributed by atoms with E-state index in [2.05, 4.69) is 0 Å². The molecule has 3 atom stereocenters. The SMILES string of the molecule is COc1c([C@@H]2CC[C@H](C(F)(F)F)C[C@H]2C(=O)O)ccc(F)c1F. The van der Waals surface area contributed by atoms with Gasteiger partial charge in [-0.05, 0) is 25.3 Å². The zero-order valence-electron chi connectivity index (χ0n) is 12.2. The zero-order chi connectivity index (χ0) is 17.4. The Morgan fingerprint density at radius 1 is 1.26 bits per heavy atom. The van der Waals surface area contributed by atoms with Crippen LogP contribution in [0.5, 0.6) is 5.75 Å². The van der Waals surface area contributed by atoms with E-state index in [-0.39, 0.29) is 18.4 Å². The van der Waals surface area contributed by atoms with Crippen molar-refractivity contribution in [3.8, 4) is 5.75 Å². The third kappa shape index (κ3) is 3.40. The van der Waals surface area contributed by atoms with Gasteiger partial charge >= 0.3 is 12.1 Å². The van der Waals surface area contributed by atoms with Gasteiger partial charge in [0.15, 0.2) is 11.6 Å². The van der Waals surface area contributed by atoms with Crippen molar-refractivity contribution in [2.45, 2.75) is 31.4 Å². The van der Waals surface area contributed by atoms with Gasteiger partial charge in [0, 0.05) is 11.5 Å². The molecule has 1 aromatic carbocycles. The quantitative estimate of drug-likeness (QED) is 0.844. The number of hydrogen-bond donors (Lipinski definition) is 1. The monoisotopic (exact) mass is 338 g/mol. The number of rotatable bonds is 3. The minimum atomic E-state index is -4.48. The average Bonchev–Trinajstić information content (AvgIpc) is 2.48. The number of benzene rings is 1. The highest BCUT2D eigenvalue weighted by Crippen LogP contribution is 2.48. The molecule has 1 aliphatic rings. The normalized spacial score (nSPS) is 25.2. The lowest BCUT2D eigenvalue weighted by Gasteiger charge is -2.35. The Labute approximate surface area is 129 Å². The molecular formula is C15H15F5O3. The van der Waals surface area contributed by atoms with Crippen LogP contribution in [0.1, 0.15) is 30.7 Å². The van der Waals surface area contributed by atoms with Gasteiger partial charge in [0.1, 0.15) is 0 Å². The lowest BCUT2D eigenvalue weighted by Crippen LogP contribution is -2.36. The van der Waals surface area contributed by atoms with E-state index < -0.39 is 53.7 Å². The minimum Gasteiger partial charge on any atom is -0.493 e. The molecule has 8 heteroatoms. The standard InChI is InChI=1S/C15H15F5O3/c1-23-13-9(4-5-11(16)12(13)17)8-3-2-7(15(18,19)20)6-10(8)14(21)22/h4-5,7-8,10H,2-3,6H2,1H3,(H,21,22)/t7-,8-,10+/m0/s1. The maximum atomic E-state index is 13.8. The first-order chi connectivity index (χ1) is 10.7. The van der Waals surface area contributed by atoms with Crippen LogP contribution in [0, 0.1) is 23.5 Å². The van der Waals surface area contributed by atoms with Gasteiger partial charge in [-0.2, -0.15) is 17.6 Å². The molecule has 0 aromatic heterocycles. The van der Waals surface area contributed by atoms with Crippen molar-refractivity contribution in [2.75, 3.05) is 7.11 Å². The van der Waals surface area contributed by atoms with E-state index in [1.807, 2.05) is 0 Å². The van der Waals surface area contributed by atoms with Crippen molar-refractivity contribution < 1.29 is 36.6 Å². The largest absolute Gasteiger partial charge is 0.493 e. The summed E-state index contributed by atoms with van der Waals surface area (Å²) in [5.74, 6) is -8.20. The topological polar surface area (TPSA) is 46.5 Å². The van der Waals surface area contributed by atoms with Crippen molar-refractivity contribution >= 4 is 5.97 Å². The maximum absolute atomic E-state index is 13.8. The Bertz CT molecular complexity index is 600. The van der Waals surface area contributed by atoms with Crippen LogP contribution in [0.3, 0.4) is 0 Å². The molecule has 23 heavy (non-hydrogen) atoms. The third-order valence-electron chi connectivity index (χ3n) is 4.31. The molecule has 2 rings (SSSR count). The Balaban J connectivity index is 2.40. The van der Waals surface area contributed by atoms with Crippen molar-refractivity contribution in [3.05, 3.63) is 29.3 Å². The van der Waals surface area contributed by atoms with Crippen LogP contribution in [0.25, 0.3) is 0 Å². The lowest BCUT2D eigenvalue weighted by molar-refractivity contribution is -0.189. The number of carboxylic acids is 1. The van der Waals surface area contributed by atoms with Gasteiger partial charge in [0.2, 0.25) is 5.82 Å². The molecule has 0 saturated heterocycles. The number of carbonyl (C=O) groups is 1. The van der Waals surface area contributed by atoms with Crippen molar-refractivity contribution in [1.29, 1.82) is 0 Å². The first-order valence-electron chi connectivity index (χ1n) is 6.98. The lowest BCUT2D eigenvalue weighted by atomic mass is 9.70. The molecular weight excluding hydrogens is 323 g/mol. The highest BCUT2D eigenvalue weighted by atomic mass is 19.4. The third-order valence-corrected chi connectivity index (χ3v) is 4.31. The predicted molar refractivity (Wildman–Crippen MR) is 70.2 cm³/mol. The van der Waals surface area contributed by atoms with Crippen LogP contribution >= 0.6 is 0 Å². The number of ether oxygens (including phenoxy) is 1. The number of hydrogen-bond acceptors (Lipinski definition) is 2. The highest BCUT2D eigenvalue weighted by Gasteiger charge is 2.47.